The SMILES string of the molecule is COc1cc(CNCc2ccncc2C)ccc1C#N. The van der Waals surface area contributed by atoms with Crippen LogP contribution in [0.1, 0.15) is 22.3 Å². The van der Waals surface area contributed by atoms with E-state index in [1.54, 1.807) is 19.4 Å². The Balaban J connectivity index is 1.98. The molecule has 102 valence electrons. The number of pyridine rings is 1. The van der Waals surface area contributed by atoms with Crippen LogP contribution in [-0.4, -0.2) is 12.1 Å². The smallest absolute Gasteiger partial charge is 0.136 e. The third-order valence-corrected chi connectivity index (χ3v) is 3.17. The predicted molar refractivity (Wildman–Crippen MR) is 77.2 cm³/mol. The van der Waals surface area contributed by atoms with E-state index in [2.05, 4.69) is 23.3 Å². The fourth-order valence-electron chi connectivity index (χ4n) is 1.98. The number of benzene rings is 1. The zero-order valence-corrected chi connectivity index (χ0v) is 11.7. The molecule has 0 unspecified atom stereocenters. The average Bonchev–Trinajstić information content (AvgIpc) is 2.49. The van der Waals surface area contributed by atoms with Gasteiger partial charge >= 0.3 is 0 Å². The predicted octanol–water partition coefficient (Wildman–Crippen LogP) is 2.56. The van der Waals surface area contributed by atoms with Crippen LogP contribution in [0.15, 0.2) is 36.7 Å². The first-order valence-corrected chi connectivity index (χ1v) is 6.42. The van der Waals surface area contributed by atoms with E-state index >= 15 is 0 Å². The quantitative estimate of drug-likeness (QED) is 0.904. The molecule has 4 heteroatoms. The molecule has 1 aromatic heterocycles. The van der Waals surface area contributed by atoms with Gasteiger partial charge in [-0.05, 0) is 41.8 Å². The Morgan fingerprint density at radius 1 is 1.30 bits per heavy atom. The highest BCUT2D eigenvalue weighted by molar-refractivity contribution is 5.45. The molecule has 0 fully saturated rings. The number of nitriles is 1. The molecule has 1 heterocycles. The second kappa shape index (κ2) is 6.69. The number of hydrogen-bond acceptors (Lipinski definition) is 4. The van der Waals surface area contributed by atoms with Crippen LogP contribution in [0.5, 0.6) is 5.75 Å². The van der Waals surface area contributed by atoms with Crippen molar-refractivity contribution in [2.45, 2.75) is 20.0 Å². The Morgan fingerprint density at radius 2 is 2.15 bits per heavy atom. The number of nitrogens with zero attached hydrogens (tertiary/aromatic N) is 2. The van der Waals surface area contributed by atoms with E-state index in [9.17, 15) is 0 Å². The van der Waals surface area contributed by atoms with Gasteiger partial charge in [-0.3, -0.25) is 4.98 Å². The lowest BCUT2D eigenvalue weighted by Crippen LogP contribution is -2.13. The molecule has 0 aliphatic heterocycles. The van der Waals surface area contributed by atoms with Crippen molar-refractivity contribution >= 4 is 0 Å². The Kier molecular flexibility index (Phi) is 4.70. The van der Waals surface area contributed by atoms with Gasteiger partial charge in [0.15, 0.2) is 0 Å². The third-order valence-electron chi connectivity index (χ3n) is 3.17. The molecule has 0 saturated heterocycles. The van der Waals surface area contributed by atoms with Gasteiger partial charge in [0.1, 0.15) is 11.8 Å². The highest BCUT2D eigenvalue weighted by atomic mass is 16.5. The molecule has 0 aliphatic carbocycles. The number of aryl methyl sites for hydroxylation is 1. The van der Waals surface area contributed by atoms with Gasteiger partial charge in [0.25, 0.3) is 0 Å². The largest absolute Gasteiger partial charge is 0.495 e. The van der Waals surface area contributed by atoms with E-state index in [4.69, 9.17) is 10.00 Å². The number of aromatic nitrogens is 1. The second-order valence-corrected chi connectivity index (χ2v) is 4.55. The average molecular weight is 267 g/mol. The maximum atomic E-state index is 8.94. The summed E-state index contributed by atoms with van der Waals surface area (Å²) in [6.07, 6.45) is 3.66. The number of nitrogens with one attached hydrogen (secondary N) is 1. The van der Waals surface area contributed by atoms with Crippen molar-refractivity contribution in [1.29, 1.82) is 5.26 Å². The van der Waals surface area contributed by atoms with E-state index in [0.29, 0.717) is 11.3 Å². The van der Waals surface area contributed by atoms with Gasteiger partial charge in [-0.15, -0.1) is 0 Å². The molecular formula is C16H17N3O. The lowest BCUT2D eigenvalue weighted by Gasteiger charge is -2.09. The Labute approximate surface area is 119 Å². The summed E-state index contributed by atoms with van der Waals surface area (Å²) in [4.78, 5) is 4.08. The van der Waals surface area contributed by atoms with Gasteiger partial charge in [-0.25, -0.2) is 0 Å². The Morgan fingerprint density at radius 3 is 2.85 bits per heavy atom. The molecule has 0 bridgehead atoms. The maximum absolute atomic E-state index is 8.94. The van der Waals surface area contributed by atoms with E-state index in [1.807, 2.05) is 24.4 Å². The number of methoxy groups -OCH3 is 1. The lowest BCUT2D eigenvalue weighted by atomic mass is 10.1. The minimum Gasteiger partial charge on any atom is -0.495 e. The Bertz CT molecular complexity index is 632. The molecule has 1 N–H and O–H groups in total. The summed E-state index contributed by atoms with van der Waals surface area (Å²) in [5.41, 5.74) is 4.06. The van der Waals surface area contributed by atoms with Crippen LogP contribution in [0.4, 0.5) is 0 Å². The van der Waals surface area contributed by atoms with Crippen LogP contribution in [-0.2, 0) is 13.1 Å². The van der Waals surface area contributed by atoms with Gasteiger partial charge in [-0.2, -0.15) is 5.26 Å². The summed E-state index contributed by atoms with van der Waals surface area (Å²) < 4.78 is 5.20. The summed E-state index contributed by atoms with van der Waals surface area (Å²) in [7, 11) is 1.58. The van der Waals surface area contributed by atoms with Crippen LogP contribution >= 0.6 is 0 Å². The van der Waals surface area contributed by atoms with Gasteiger partial charge < -0.3 is 10.1 Å². The number of hydrogen-bond donors (Lipinski definition) is 1. The highest BCUT2D eigenvalue weighted by Gasteiger charge is 2.04. The van der Waals surface area contributed by atoms with Crippen molar-refractivity contribution in [3.63, 3.8) is 0 Å². The minimum absolute atomic E-state index is 0.557. The molecule has 0 spiro atoms. The van der Waals surface area contributed by atoms with E-state index in [-0.39, 0.29) is 0 Å². The van der Waals surface area contributed by atoms with Gasteiger partial charge in [0, 0.05) is 25.5 Å². The second-order valence-electron chi connectivity index (χ2n) is 4.55. The van der Waals surface area contributed by atoms with Crippen LogP contribution in [0, 0.1) is 18.3 Å². The number of rotatable bonds is 5. The topological polar surface area (TPSA) is 57.9 Å². The molecule has 4 nitrogen and oxygen atoms in total. The Hall–Kier alpha value is -2.38. The monoisotopic (exact) mass is 267 g/mol. The molecule has 2 rings (SSSR count). The zero-order valence-electron chi connectivity index (χ0n) is 11.7. The lowest BCUT2D eigenvalue weighted by molar-refractivity contribution is 0.412. The third kappa shape index (κ3) is 3.34. The first-order valence-electron chi connectivity index (χ1n) is 6.42. The molecule has 0 atom stereocenters. The standard InChI is InChI=1S/C16H17N3O/c1-12-9-18-6-5-15(12)11-19-10-13-3-4-14(8-17)16(7-13)20-2/h3-7,9,19H,10-11H2,1-2H3. The maximum Gasteiger partial charge on any atom is 0.136 e. The molecule has 20 heavy (non-hydrogen) atoms. The summed E-state index contributed by atoms with van der Waals surface area (Å²) >= 11 is 0. The summed E-state index contributed by atoms with van der Waals surface area (Å²) in [6.45, 7) is 3.56. The van der Waals surface area contributed by atoms with Crippen LogP contribution in [0.2, 0.25) is 0 Å². The van der Waals surface area contributed by atoms with Crippen molar-refractivity contribution in [1.82, 2.24) is 10.3 Å². The van der Waals surface area contributed by atoms with Crippen LogP contribution < -0.4 is 10.1 Å². The van der Waals surface area contributed by atoms with Crippen molar-refractivity contribution in [2.24, 2.45) is 0 Å². The van der Waals surface area contributed by atoms with E-state index in [1.165, 1.54) is 11.1 Å². The van der Waals surface area contributed by atoms with E-state index < -0.39 is 0 Å². The van der Waals surface area contributed by atoms with Gasteiger partial charge in [0.05, 0.1) is 12.7 Å². The molecule has 0 aliphatic rings. The number of ether oxygens (including phenoxy) is 1. The first kappa shape index (κ1) is 14.0. The van der Waals surface area contributed by atoms with Gasteiger partial charge in [0.2, 0.25) is 0 Å². The minimum atomic E-state index is 0.557. The summed E-state index contributed by atoms with van der Waals surface area (Å²) in [5.74, 6) is 0.617. The molecule has 1 aromatic carbocycles. The molecule has 0 amide bonds. The van der Waals surface area contributed by atoms with Crippen molar-refractivity contribution < 1.29 is 4.74 Å². The summed E-state index contributed by atoms with van der Waals surface area (Å²) in [6, 6.07) is 9.74. The van der Waals surface area contributed by atoms with Gasteiger partial charge in [-0.1, -0.05) is 6.07 Å². The molecule has 0 saturated carbocycles. The summed E-state index contributed by atoms with van der Waals surface area (Å²) in [5, 5.41) is 12.3. The van der Waals surface area contributed by atoms with Crippen molar-refractivity contribution in [3.05, 3.63) is 58.9 Å². The fraction of sp³-hybridized carbons (Fsp3) is 0.250. The highest BCUT2D eigenvalue weighted by Crippen LogP contribution is 2.19. The molecule has 0 radical (unpaired) electrons. The van der Waals surface area contributed by atoms with E-state index in [0.717, 1.165) is 18.7 Å². The fourth-order valence-corrected chi connectivity index (χ4v) is 1.98. The van der Waals surface area contributed by atoms with Crippen LogP contribution in [0.25, 0.3) is 0 Å². The molecule has 2 aromatic rings. The first-order chi connectivity index (χ1) is 9.74. The van der Waals surface area contributed by atoms with Crippen molar-refractivity contribution in [3.8, 4) is 11.8 Å². The normalized spacial score (nSPS) is 10.1. The molecular weight excluding hydrogens is 250 g/mol. The van der Waals surface area contributed by atoms with Crippen molar-refractivity contribution in [2.75, 3.05) is 7.11 Å². The van der Waals surface area contributed by atoms with Crippen LogP contribution in [0.3, 0.4) is 0 Å². The zero-order chi connectivity index (χ0) is 14.4.